The molecule has 0 heterocycles. The number of benzene rings is 1. The highest BCUT2D eigenvalue weighted by atomic mass is 16.5. The molecular formula is C15H25NO2. The van der Waals surface area contributed by atoms with Crippen molar-refractivity contribution < 1.29 is 9.84 Å². The van der Waals surface area contributed by atoms with Gasteiger partial charge >= 0.3 is 0 Å². The number of aliphatic hydroxyl groups excluding tert-OH is 1. The second-order valence-corrected chi connectivity index (χ2v) is 4.78. The van der Waals surface area contributed by atoms with Crippen LogP contribution in [0.25, 0.3) is 0 Å². The maximum Gasteiger partial charge on any atom is 0.123 e. The number of hydrogen-bond donors (Lipinski definition) is 2. The van der Waals surface area contributed by atoms with Crippen LogP contribution in [0.15, 0.2) is 24.3 Å². The minimum Gasteiger partial charge on any atom is -0.494 e. The minimum absolute atomic E-state index is 0.225. The quantitative estimate of drug-likeness (QED) is 0.746. The van der Waals surface area contributed by atoms with Crippen molar-refractivity contribution in [3.05, 3.63) is 29.8 Å². The summed E-state index contributed by atoms with van der Waals surface area (Å²) in [5.74, 6) is 1.45. The van der Waals surface area contributed by atoms with Crippen LogP contribution in [-0.4, -0.2) is 24.4 Å². The molecule has 0 saturated carbocycles. The fourth-order valence-corrected chi connectivity index (χ4v) is 2.00. The van der Waals surface area contributed by atoms with Gasteiger partial charge in [-0.15, -0.1) is 0 Å². The Morgan fingerprint density at radius 3 is 2.61 bits per heavy atom. The van der Waals surface area contributed by atoms with Crippen LogP contribution in [0.3, 0.4) is 0 Å². The van der Waals surface area contributed by atoms with Crippen molar-refractivity contribution in [2.24, 2.45) is 5.92 Å². The molecule has 1 aromatic rings. The fraction of sp³-hybridized carbons (Fsp3) is 0.600. The normalized spacial score (nSPS) is 12.7. The zero-order chi connectivity index (χ0) is 13.4. The van der Waals surface area contributed by atoms with E-state index in [0.29, 0.717) is 18.6 Å². The first-order valence-electron chi connectivity index (χ1n) is 6.74. The van der Waals surface area contributed by atoms with Crippen molar-refractivity contribution >= 4 is 0 Å². The summed E-state index contributed by atoms with van der Waals surface area (Å²) in [5.41, 5.74) is 1.17. The van der Waals surface area contributed by atoms with E-state index in [1.165, 1.54) is 5.56 Å². The third-order valence-corrected chi connectivity index (χ3v) is 3.07. The Morgan fingerprint density at radius 1 is 1.28 bits per heavy atom. The molecule has 102 valence electrons. The maximum atomic E-state index is 9.06. The van der Waals surface area contributed by atoms with Gasteiger partial charge in [0.25, 0.3) is 0 Å². The molecule has 18 heavy (non-hydrogen) atoms. The van der Waals surface area contributed by atoms with Crippen molar-refractivity contribution in [2.45, 2.75) is 39.8 Å². The summed E-state index contributed by atoms with van der Waals surface area (Å²) in [4.78, 5) is 0. The second-order valence-electron chi connectivity index (χ2n) is 4.78. The first-order chi connectivity index (χ1) is 8.69. The van der Waals surface area contributed by atoms with Crippen molar-refractivity contribution in [1.82, 2.24) is 5.32 Å². The van der Waals surface area contributed by atoms with Crippen molar-refractivity contribution in [1.29, 1.82) is 0 Å². The molecule has 0 spiro atoms. The molecule has 0 bridgehead atoms. The third-order valence-electron chi connectivity index (χ3n) is 3.07. The smallest absolute Gasteiger partial charge is 0.123 e. The van der Waals surface area contributed by atoms with Crippen LogP contribution in [0, 0.1) is 5.92 Å². The van der Waals surface area contributed by atoms with Crippen LogP contribution in [-0.2, 0) is 6.54 Å². The molecule has 1 unspecified atom stereocenters. The Bertz CT molecular complexity index is 339. The van der Waals surface area contributed by atoms with Crippen molar-refractivity contribution in [3.63, 3.8) is 0 Å². The van der Waals surface area contributed by atoms with Crippen LogP contribution >= 0.6 is 0 Å². The van der Waals surface area contributed by atoms with E-state index >= 15 is 0 Å². The molecule has 3 heteroatoms. The molecule has 0 saturated heterocycles. The van der Waals surface area contributed by atoms with E-state index in [1.807, 2.05) is 25.1 Å². The predicted octanol–water partition coefficient (Wildman–Crippen LogP) is 2.58. The minimum atomic E-state index is 0.225. The zero-order valence-corrected chi connectivity index (χ0v) is 11.6. The van der Waals surface area contributed by atoms with Crippen LogP contribution in [0.1, 0.15) is 32.8 Å². The molecule has 1 atom stereocenters. The van der Waals surface area contributed by atoms with E-state index in [0.717, 1.165) is 18.7 Å². The predicted molar refractivity (Wildman–Crippen MR) is 74.8 cm³/mol. The topological polar surface area (TPSA) is 41.5 Å². The van der Waals surface area contributed by atoms with Gasteiger partial charge in [0.1, 0.15) is 5.75 Å². The SMILES string of the molecule is CCOc1ccccc1CNC(CCO)C(C)C. The molecule has 3 nitrogen and oxygen atoms in total. The van der Waals surface area contributed by atoms with Gasteiger partial charge in [0.2, 0.25) is 0 Å². The molecule has 0 aromatic heterocycles. The summed E-state index contributed by atoms with van der Waals surface area (Å²) in [6.45, 7) is 8.01. The van der Waals surface area contributed by atoms with Gasteiger partial charge in [0.15, 0.2) is 0 Å². The lowest BCUT2D eigenvalue weighted by Crippen LogP contribution is -2.34. The molecule has 0 aliphatic carbocycles. The van der Waals surface area contributed by atoms with E-state index < -0.39 is 0 Å². The number of hydrogen-bond acceptors (Lipinski definition) is 3. The maximum absolute atomic E-state index is 9.06. The molecule has 0 aliphatic heterocycles. The average Bonchev–Trinajstić information content (AvgIpc) is 2.36. The largest absolute Gasteiger partial charge is 0.494 e. The number of nitrogens with one attached hydrogen (secondary N) is 1. The molecule has 1 aromatic carbocycles. The molecule has 2 N–H and O–H groups in total. The van der Waals surface area contributed by atoms with Crippen LogP contribution < -0.4 is 10.1 Å². The van der Waals surface area contributed by atoms with Gasteiger partial charge in [0, 0.05) is 24.8 Å². The third kappa shape index (κ3) is 4.67. The van der Waals surface area contributed by atoms with Crippen molar-refractivity contribution in [3.8, 4) is 5.75 Å². The standard InChI is InChI=1S/C15H25NO2/c1-4-18-15-8-6-5-7-13(15)11-16-14(9-10-17)12(2)3/h5-8,12,14,16-17H,4,9-11H2,1-3H3. The van der Waals surface area contributed by atoms with E-state index in [4.69, 9.17) is 9.84 Å². The Morgan fingerprint density at radius 2 is 2.00 bits per heavy atom. The van der Waals surface area contributed by atoms with E-state index in [2.05, 4.69) is 25.2 Å². The number of rotatable bonds is 8. The van der Waals surface area contributed by atoms with Crippen LogP contribution in [0.4, 0.5) is 0 Å². The van der Waals surface area contributed by atoms with Gasteiger partial charge in [-0.05, 0) is 25.3 Å². The summed E-state index contributed by atoms with van der Waals surface area (Å²) in [7, 11) is 0. The molecule has 0 radical (unpaired) electrons. The average molecular weight is 251 g/mol. The Kier molecular flexibility index (Phi) is 6.76. The first-order valence-corrected chi connectivity index (χ1v) is 6.74. The Balaban J connectivity index is 2.60. The van der Waals surface area contributed by atoms with Gasteiger partial charge < -0.3 is 15.2 Å². The zero-order valence-electron chi connectivity index (χ0n) is 11.6. The summed E-state index contributed by atoms with van der Waals surface area (Å²) in [6, 6.07) is 8.42. The lowest BCUT2D eigenvalue weighted by atomic mass is 10.0. The lowest BCUT2D eigenvalue weighted by Gasteiger charge is -2.22. The van der Waals surface area contributed by atoms with E-state index in [9.17, 15) is 0 Å². The Hall–Kier alpha value is -1.06. The van der Waals surface area contributed by atoms with Gasteiger partial charge in [-0.25, -0.2) is 0 Å². The highest BCUT2D eigenvalue weighted by Crippen LogP contribution is 2.18. The first kappa shape index (κ1) is 15.0. The van der Waals surface area contributed by atoms with E-state index in [1.54, 1.807) is 0 Å². The van der Waals surface area contributed by atoms with Crippen LogP contribution in [0.5, 0.6) is 5.75 Å². The fourth-order valence-electron chi connectivity index (χ4n) is 2.00. The molecular weight excluding hydrogens is 226 g/mol. The molecule has 1 rings (SSSR count). The highest BCUT2D eigenvalue weighted by Gasteiger charge is 2.12. The van der Waals surface area contributed by atoms with Gasteiger partial charge in [-0.3, -0.25) is 0 Å². The van der Waals surface area contributed by atoms with Gasteiger partial charge in [0.05, 0.1) is 6.61 Å². The molecule has 0 aliphatic rings. The summed E-state index contributed by atoms with van der Waals surface area (Å²) in [5, 5.41) is 12.6. The second kappa shape index (κ2) is 8.11. The van der Waals surface area contributed by atoms with Gasteiger partial charge in [-0.2, -0.15) is 0 Å². The van der Waals surface area contributed by atoms with E-state index in [-0.39, 0.29) is 6.61 Å². The lowest BCUT2D eigenvalue weighted by molar-refractivity contribution is 0.243. The van der Waals surface area contributed by atoms with Crippen LogP contribution in [0.2, 0.25) is 0 Å². The highest BCUT2D eigenvalue weighted by molar-refractivity contribution is 5.33. The molecule has 0 amide bonds. The number of ether oxygens (including phenoxy) is 1. The Labute approximate surface area is 110 Å². The summed E-state index contributed by atoms with van der Waals surface area (Å²) >= 11 is 0. The monoisotopic (exact) mass is 251 g/mol. The van der Waals surface area contributed by atoms with Gasteiger partial charge in [-0.1, -0.05) is 32.0 Å². The number of para-hydroxylation sites is 1. The summed E-state index contributed by atoms with van der Waals surface area (Å²) in [6.07, 6.45) is 0.786. The molecule has 0 fully saturated rings. The van der Waals surface area contributed by atoms with Crippen molar-refractivity contribution in [2.75, 3.05) is 13.2 Å². The number of aliphatic hydroxyl groups is 1. The summed E-state index contributed by atoms with van der Waals surface area (Å²) < 4.78 is 5.60.